The molecule has 6 heteroatoms. The van der Waals surface area contributed by atoms with Gasteiger partial charge in [0.2, 0.25) is 0 Å². The molecule has 26 heavy (non-hydrogen) atoms. The van der Waals surface area contributed by atoms with Gasteiger partial charge in [0.05, 0.1) is 19.1 Å². The van der Waals surface area contributed by atoms with Crippen molar-refractivity contribution in [3.05, 3.63) is 30.3 Å². The first-order valence-corrected chi connectivity index (χ1v) is 10.2. The molecule has 0 aliphatic carbocycles. The zero-order chi connectivity index (χ0) is 19.4. The number of hydrogen-bond donors (Lipinski definition) is 1. The second kappa shape index (κ2) is 12.3. The van der Waals surface area contributed by atoms with Crippen molar-refractivity contribution in [2.45, 2.75) is 57.3 Å². The number of aliphatic hydroxyl groups is 1. The lowest BCUT2D eigenvalue weighted by Gasteiger charge is -2.17. The van der Waals surface area contributed by atoms with E-state index in [4.69, 9.17) is 19.3 Å². The van der Waals surface area contributed by atoms with Crippen LogP contribution in [0.2, 0.25) is 0 Å². The van der Waals surface area contributed by atoms with E-state index in [1.54, 1.807) is 13.8 Å². The third-order valence-corrected chi connectivity index (χ3v) is 4.92. The van der Waals surface area contributed by atoms with Crippen LogP contribution in [0.3, 0.4) is 0 Å². The Morgan fingerprint density at radius 1 is 1.27 bits per heavy atom. The molecule has 1 N–H and O–H groups in total. The largest absolute Gasteiger partial charge is 0.466 e. The molecule has 1 saturated heterocycles. The van der Waals surface area contributed by atoms with E-state index < -0.39 is 5.79 Å². The average Bonchev–Trinajstić information content (AvgIpc) is 3.00. The Morgan fingerprint density at radius 3 is 2.50 bits per heavy atom. The number of esters is 1. The van der Waals surface area contributed by atoms with Crippen LogP contribution < -0.4 is 0 Å². The van der Waals surface area contributed by atoms with Crippen molar-refractivity contribution in [2.75, 3.05) is 25.6 Å². The van der Waals surface area contributed by atoms with Crippen LogP contribution in [0.15, 0.2) is 35.2 Å². The van der Waals surface area contributed by atoms with Gasteiger partial charge in [-0.1, -0.05) is 18.2 Å². The van der Waals surface area contributed by atoms with Crippen LogP contribution in [0.1, 0.15) is 40.5 Å². The number of ether oxygens (including phenoxy) is 3. The fourth-order valence-corrected chi connectivity index (χ4v) is 3.70. The highest BCUT2D eigenvalue weighted by molar-refractivity contribution is 7.99. The Labute approximate surface area is 161 Å². The summed E-state index contributed by atoms with van der Waals surface area (Å²) in [4.78, 5) is 12.8. The number of thioether (sulfide) groups is 1. The van der Waals surface area contributed by atoms with Crippen LogP contribution in [-0.2, 0) is 19.0 Å². The molecule has 0 spiro atoms. The quantitative estimate of drug-likeness (QED) is 0.417. The summed E-state index contributed by atoms with van der Waals surface area (Å²) in [5.41, 5.74) is 0. The topological polar surface area (TPSA) is 65.0 Å². The zero-order valence-corrected chi connectivity index (χ0v) is 17.1. The van der Waals surface area contributed by atoms with Gasteiger partial charge in [0.1, 0.15) is 0 Å². The fourth-order valence-electron chi connectivity index (χ4n) is 2.57. The molecule has 1 aliphatic heterocycles. The van der Waals surface area contributed by atoms with Gasteiger partial charge in [0, 0.05) is 23.9 Å². The molecular weight excluding hydrogens is 352 g/mol. The van der Waals surface area contributed by atoms with Crippen molar-refractivity contribution in [3.63, 3.8) is 0 Å². The Kier molecular flexibility index (Phi) is 10.9. The van der Waals surface area contributed by atoms with Crippen molar-refractivity contribution < 1.29 is 24.1 Å². The van der Waals surface area contributed by atoms with Gasteiger partial charge < -0.3 is 19.3 Å². The summed E-state index contributed by atoms with van der Waals surface area (Å²) in [5.74, 6) is 0.335. The Bertz CT molecular complexity index is 501. The highest BCUT2D eigenvalue weighted by Gasteiger charge is 2.30. The number of carbonyl (C=O) groups is 1. The summed E-state index contributed by atoms with van der Waals surface area (Å²) < 4.78 is 15.4. The molecule has 0 saturated carbocycles. The summed E-state index contributed by atoms with van der Waals surface area (Å²) in [5, 5.41) is 8.80. The summed E-state index contributed by atoms with van der Waals surface area (Å²) >= 11 is 1.83. The lowest BCUT2D eigenvalue weighted by molar-refractivity contribution is -0.172. The van der Waals surface area contributed by atoms with Crippen LogP contribution in [0.5, 0.6) is 0 Å². The molecule has 0 radical (unpaired) electrons. The molecule has 1 aromatic rings. The number of benzene rings is 1. The number of hydrogen-bond acceptors (Lipinski definition) is 6. The zero-order valence-electron chi connectivity index (χ0n) is 16.3. The van der Waals surface area contributed by atoms with Gasteiger partial charge in [-0.25, -0.2) is 0 Å². The van der Waals surface area contributed by atoms with Crippen LogP contribution in [0.25, 0.3) is 0 Å². The lowest BCUT2D eigenvalue weighted by atomic mass is 10.0. The summed E-state index contributed by atoms with van der Waals surface area (Å²) in [7, 11) is 0. The summed E-state index contributed by atoms with van der Waals surface area (Å²) in [6.45, 7) is 8.64. The molecule has 1 heterocycles. The van der Waals surface area contributed by atoms with Crippen molar-refractivity contribution in [2.24, 2.45) is 5.92 Å². The van der Waals surface area contributed by atoms with E-state index >= 15 is 0 Å². The minimum Gasteiger partial charge on any atom is -0.466 e. The third-order valence-electron chi connectivity index (χ3n) is 3.72. The van der Waals surface area contributed by atoms with Crippen LogP contribution in [-0.4, -0.2) is 48.5 Å². The number of carbonyl (C=O) groups excluding carboxylic acids is 1. The van der Waals surface area contributed by atoms with Crippen molar-refractivity contribution in [1.82, 2.24) is 0 Å². The predicted octanol–water partition coefficient (Wildman–Crippen LogP) is 3.89. The van der Waals surface area contributed by atoms with E-state index in [-0.39, 0.29) is 12.1 Å². The minimum atomic E-state index is -0.950. The second-order valence-electron chi connectivity index (χ2n) is 6.47. The van der Waals surface area contributed by atoms with Gasteiger partial charge in [-0.15, -0.1) is 11.8 Å². The van der Waals surface area contributed by atoms with E-state index in [9.17, 15) is 4.79 Å². The molecular formula is C20H32O5S. The molecule has 1 aromatic carbocycles. The van der Waals surface area contributed by atoms with Gasteiger partial charge in [0.15, 0.2) is 5.79 Å². The van der Waals surface area contributed by atoms with E-state index in [0.717, 1.165) is 18.8 Å². The smallest absolute Gasteiger partial charge is 0.308 e. The van der Waals surface area contributed by atoms with Crippen LogP contribution >= 0.6 is 11.8 Å². The first-order chi connectivity index (χ1) is 12.4. The molecule has 0 aromatic heterocycles. The van der Waals surface area contributed by atoms with Gasteiger partial charge in [-0.2, -0.15) is 0 Å². The van der Waals surface area contributed by atoms with E-state index in [2.05, 4.69) is 12.1 Å². The molecule has 1 aliphatic rings. The standard InChI is InChI=1S/C15H20O3S.C5H12O2/c1-2-17-15(16)10-14-12(8-9-18-14)11-19-13-6-4-3-5-7-13;1-4-7-5(2,3)6/h3-7,12,14H,2,8-11H2,1H3;6H,4H2,1-3H3. The Balaban J connectivity index is 0.000000412. The Morgan fingerprint density at radius 2 is 1.96 bits per heavy atom. The highest BCUT2D eigenvalue weighted by Crippen LogP contribution is 2.30. The molecule has 2 unspecified atom stereocenters. The maximum atomic E-state index is 11.5. The Hall–Kier alpha value is -1.08. The highest BCUT2D eigenvalue weighted by atomic mass is 32.2. The second-order valence-corrected chi connectivity index (χ2v) is 7.56. The predicted molar refractivity (Wildman–Crippen MR) is 104 cm³/mol. The molecule has 0 amide bonds. The SMILES string of the molecule is CCOC(=O)CC1OCCC1CSc1ccccc1.CCOC(C)(C)O. The van der Waals surface area contributed by atoms with Crippen LogP contribution in [0, 0.1) is 5.92 Å². The monoisotopic (exact) mass is 384 g/mol. The molecule has 1 fully saturated rings. The van der Waals surface area contributed by atoms with Crippen molar-refractivity contribution >= 4 is 17.7 Å². The van der Waals surface area contributed by atoms with Crippen molar-refractivity contribution in [1.29, 1.82) is 0 Å². The van der Waals surface area contributed by atoms with Gasteiger partial charge in [-0.05, 0) is 52.2 Å². The summed E-state index contributed by atoms with van der Waals surface area (Å²) in [6.07, 6.45) is 1.44. The maximum absolute atomic E-state index is 11.5. The average molecular weight is 385 g/mol. The van der Waals surface area contributed by atoms with Gasteiger partial charge in [0.25, 0.3) is 0 Å². The van der Waals surface area contributed by atoms with E-state index in [0.29, 0.717) is 25.6 Å². The fraction of sp³-hybridized carbons (Fsp3) is 0.650. The van der Waals surface area contributed by atoms with Gasteiger partial charge >= 0.3 is 5.97 Å². The molecule has 5 nitrogen and oxygen atoms in total. The summed E-state index contributed by atoms with van der Waals surface area (Å²) in [6, 6.07) is 10.3. The first kappa shape index (κ1) is 23.0. The number of rotatable bonds is 8. The van der Waals surface area contributed by atoms with E-state index in [1.807, 2.05) is 43.8 Å². The molecule has 2 rings (SSSR count). The first-order valence-electron chi connectivity index (χ1n) is 9.17. The van der Waals surface area contributed by atoms with Gasteiger partial charge in [-0.3, -0.25) is 4.79 Å². The van der Waals surface area contributed by atoms with Crippen LogP contribution in [0.4, 0.5) is 0 Å². The van der Waals surface area contributed by atoms with Crippen molar-refractivity contribution in [3.8, 4) is 0 Å². The maximum Gasteiger partial charge on any atom is 0.308 e. The third kappa shape index (κ3) is 10.2. The minimum absolute atomic E-state index is 0.0234. The lowest BCUT2D eigenvalue weighted by Crippen LogP contribution is -2.23. The van der Waals surface area contributed by atoms with E-state index in [1.165, 1.54) is 4.90 Å². The normalized spacial score (nSPS) is 19.6. The molecule has 2 atom stereocenters. The molecule has 148 valence electrons. The molecule has 0 bridgehead atoms.